The van der Waals surface area contributed by atoms with Crippen LogP contribution in [0.25, 0.3) is 0 Å². The Balaban J connectivity index is 2.56. The second-order valence-corrected chi connectivity index (χ2v) is 7.99. The Hall–Kier alpha value is -2.07. The number of nitrogens with two attached hydrogens (primary N) is 1. The molecule has 0 aliphatic rings. The predicted molar refractivity (Wildman–Crippen MR) is 98.6 cm³/mol. The molecule has 138 valence electrons. The normalized spacial score (nSPS) is 11.2. The second kappa shape index (κ2) is 7.28. The SMILES string of the molecule is Cc1c(Cl)cc(S(=O)(=O)Nc2cc(C(N)=O)c(Cl)cc2Cl)cc1[N+](=O)[O-]. The van der Waals surface area contributed by atoms with Gasteiger partial charge in [-0.15, -0.1) is 0 Å². The molecule has 0 spiro atoms. The molecule has 2 aromatic carbocycles. The van der Waals surface area contributed by atoms with Crippen LogP contribution in [0.5, 0.6) is 0 Å². The number of nitrogens with zero attached hydrogens (tertiary/aromatic N) is 1. The molecular formula is C14H10Cl3N3O5S. The number of carbonyl (C=O) groups excluding carboxylic acids is 1. The lowest BCUT2D eigenvalue weighted by molar-refractivity contribution is -0.385. The zero-order valence-electron chi connectivity index (χ0n) is 12.9. The molecule has 12 heteroatoms. The summed E-state index contributed by atoms with van der Waals surface area (Å²) in [4.78, 5) is 21.2. The second-order valence-electron chi connectivity index (χ2n) is 5.09. The first-order chi connectivity index (χ1) is 11.9. The molecule has 2 rings (SSSR count). The lowest BCUT2D eigenvalue weighted by atomic mass is 10.2. The molecule has 0 saturated heterocycles. The summed E-state index contributed by atoms with van der Waals surface area (Å²) in [6.07, 6.45) is 0. The van der Waals surface area contributed by atoms with Crippen LogP contribution in [0.15, 0.2) is 29.2 Å². The van der Waals surface area contributed by atoms with Crippen molar-refractivity contribution in [2.45, 2.75) is 11.8 Å². The molecule has 2 aromatic rings. The predicted octanol–water partition coefficient (Wildman–Crippen LogP) is 3.76. The van der Waals surface area contributed by atoms with Crippen molar-refractivity contribution in [2.24, 2.45) is 5.73 Å². The van der Waals surface area contributed by atoms with E-state index in [0.29, 0.717) is 0 Å². The van der Waals surface area contributed by atoms with E-state index < -0.39 is 31.4 Å². The van der Waals surface area contributed by atoms with Crippen LogP contribution in [0.2, 0.25) is 15.1 Å². The quantitative estimate of drug-likeness (QED) is 0.541. The summed E-state index contributed by atoms with van der Waals surface area (Å²) in [7, 11) is -4.30. The monoisotopic (exact) mass is 437 g/mol. The first-order valence-electron chi connectivity index (χ1n) is 6.70. The third-order valence-corrected chi connectivity index (χ3v) is 5.73. The van der Waals surface area contributed by atoms with E-state index in [2.05, 4.69) is 4.72 Å². The number of halogens is 3. The van der Waals surface area contributed by atoms with Crippen LogP contribution in [0.4, 0.5) is 11.4 Å². The summed E-state index contributed by atoms with van der Waals surface area (Å²) in [5.74, 6) is -0.888. The minimum Gasteiger partial charge on any atom is -0.366 e. The number of anilines is 1. The highest BCUT2D eigenvalue weighted by atomic mass is 35.5. The minimum atomic E-state index is -4.30. The number of amides is 1. The number of primary amides is 1. The zero-order valence-corrected chi connectivity index (χ0v) is 16.0. The van der Waals surface area contributed by atoms with Gasteiger partial charge in [0.25, 0.3) is 15.7 Å². The number of benzene rings is 2. The Labute approximate surface area is 163 Å². The van der Waals surface area contributed by atoms with Crippen LogP contribution in [-0.2, 0) is 10.0 Å². The molecule has 0 unspecified atom stereocenters. The van der Waals surface area contributed by atoms with Gasteiger partial charge in [0, 0.05) is 11.6 Å². The highest BCUT2D eigenvalue weighted by Gasteiger charge is 2.24. The van der Waals surface area contributed by atoms with E-state index in [1.807, 2.05) is 0 Å². The number of hydrogen-bond donors (Lipinski definition) is 2. The number of nitro groups is 1. The Kier molecular flexibility index (Phi) is 5.67. The summed E-state index contributed by atoms with van der Waals surface area (Å²) < 4.78 is 27.2. The molecule has 0 aliphatic carbocycles. The van der Waals surface area contributed by atoms with Crippen LogP contribution in [0.3, 0.4) is 0 Å². The summed E-state index contributed by atoms with van der Waals surface area (Å²) in [5, 5.41) is 10.8. The number of hydrogen-bond acceptors (Lipinski definition) is 5. The van der Waals surface area contributed by atoms with Gasteiger partial charge >= 0.3 is 0 Å². The van der Waals surface area contributed by atoms with Crippen LogP contribution < -0.4 is 10.5 Å². The molecule has 3 N–H and O–H groups in total. The third-order valence-electron chi connectivity index (χ3n) is 3.36. The van der Waals surface area contributed by atoms with Crippen molar-refractivity contribution < 1.29 is 18.1 Å². The fraction of sp³-hybridized carbons (Fsp3) is 0.0714. The number of carbonyl (C=O) groups is 1. The van der Waals surface area contributed by atoms with Gasteiger partial charge in [-0.2, -0.15) is 0 Å². The van der Waals surface area contributed by atoms with Gasteiger partial charge in [0.1, 0.15) is 0 Å². The van der Waals surface area contributed by atoms with E-state index in [1.54, 1.807) is 0 Å². The van der Waals surface area contributed by atoms with Crippen LogP contribution >= 0.6 is 34.8 Å². The third kappa shape index (κ3) is 4.01. The summed E-state index contributed by atoms with van der Waals surface area (Å²) in [6.45, 7) is 1.39. The van der Waals surface area contributed by atoms with Gasteiger partial charge in [-0.25, -0.2) is 8.42 Å². The van der Waals surface area contributed by atoms with Gasteiger partial charge in [0.2, 0.25) is 5.91 Å². The highest BCUT2D eigenvalue weighted by molar-refractivity contribution is 7.92. The van der Waals surface area contributed by atoms with Crippen molar-refractivity contribution in [3.8, 4) is 0 Å². The average Bonchev–Trinajstić information content (AvgIpc) is 2.51. The minimum absolute atomic E-state index is 0.0560. The molecule has 0 atom stereocenters. The highest BCUT2D eigenvalue weighted by Crippen LogP contribution is 2.33. The van der Waals surface area contributed by atoms with Gasteiger partial charge in [0.15, 0.2) is 0 Å². The topological polar surface area (TPSA) is 132 Å². The van der Waals surface area contributed by atoms with E-state index in [0.717, 1.165) is 24.3 Å². The van der Waals surface area contributed by atoms with Crippen molar-refractivity contribution >= 4 is 62.1 Å². The maximum Gasteiger partial charge on any atom is 0.275 e. The molecule has 1 amide bonds. The lowest BCUT2D eigenvalue weighted by Gasteiger charge is -2.12. The molecule has 0 aromatic heterocycles. The molecule has 0 heterocycles. The molecule has 0 radical (unpaired) electrons. The number of nitro benzene ring substituents is 1. The van der Waals surface area contributed by atoms with Gasteiger partial charge in [-0.1, -0.05) is 34.8 Å². The van der Waals surface area contributed by atoms with Gasteiger partial charge in [-0.3, -0.25) is 19.6 Å². The number of nitrogens with one attached hydrogen (secondary N) is 1. The first kappa shape index (κ1) is 20.2. The van der Waals surface area contributed by atoms with Crippen molar-refractivity contribution in [3.63, 3.8) is 0 Å². The Bertz CT molecular complexity index is 1040. The van der Waals surface area contributed by atoms with Crippen LogP contribution in [-0.4, -0.2) is 19.2 Å². The Morgan fingerprint density at radius 2 is 1.73 bits per heavy atom. The van der Waals surface area contributed by atoms with Gasteiger partial charge in [-0.05, 0) is 25.1 Å². The van der Waals surface area contributed by atoms with Crippen molar-refractivity contribution in [1.29, 1.82) is 0 Å². The molecule has 0 saturated carbocycles. The van der Waals surface area contributed by atoms with Crippen molar-refractivity contribution in [3.05, 3.63) is 60.6 Å². The summed E-state index contributed by atoms with van der Waals surface area (Å²) >= 11 is 17.7. The first-order valence-corrected chi connectivity index (χ1v) is 9.32. The average molecular weight is 439 g/mol. The molecule has 26 heavy (non-hydrogen) atoms. The maximum absolute atomic E-state index is 12.6. The largest absolute Gasteiger partial charge is 0.366 e. The summed E-state index contributed by atoms with van der Waals surface area (Å²) in [6, 6.07) is 4.13. The van der Waals surface area contributed by atoms with E-state index in [9.17, 15) is 23.3 Å². The lowest BCUT2D eigenvalue weighted by Crippen LogP contribution is -2.16. The fourth-order valence-electron chi connectivity index (χ4n) is 2.00. The van der Waals surface area contributed by atoms with E-state index in [1.165, 1.54) is 6.92 Å². The fourth-order valence-corrected chi connectivity index (χ4v) is 3.98. The smallest absolute Gasteiger partial charge is 0.275 e. The van der Waals surface area contributed by atoms with E-state index >= 15 is 0 Å². The Morgan fingerprint density at radius 1 is 1.12 bits per heavy atom. The number of sulfonamides is 1. The van der Waals surface area contributed by atoms with E-state index in [4.69, 9.17) is 40.5 Å². The molecular weight excluding hydrogens is 429 g/mol. The van der Waals surface area contributed by atoms with Crippen LogP contribution in [0, 0.1) is 17.0 Å². The van der Waals surface area contributed by atoms with Crippen molar-refractivity contribution in [1.82, 2.24) is 0 Å². The number of rotatable bonds is 5. The Morgan fingerprint density at radius 3 is 2.27 bits per heavy atom. The van der Waals surface area contributed by atoms with Gasteiger partial charge < -0.3 is 5.73 Å². The summed E-state index contributed by atoms with van der Waals surface area (Å²) in [5.41, 5.74) is 4.50. The maximum atomic E-state index is 12.6. The van der Waals surface area contributed by atoms with Gasteiger partial charge in [0.05, 0.1) is 36.1 Å². The van der Waals surface area contributed by atoms with E-state index in [-0.39, 0.29) is 31.9 Å². The standard InChI is InChI=1S/C14H10Cl3N3O5S/c1-6-9(15)2-7(3-13(6)20(22)23)26(24,25)19-12-4-8(14(18)21)10(16)5-11(12)17/h2-5,19H,1H3,(H2,18,21). The molecule has 8 nitrogen and oxygen atoms in total. The molecule has 0 bridgehead atoms. The molecule has 0 aliphatic heterocycles. The van der Waals surface area contributed by atoms with Crippen LogP contribution in [0.1, 0.15) is 15.9 Å². The zero-order chi connectivity index (χ0) is 19.8. The van der Waals surface area contributed by atoms with Crippen molar-refractivity contribution in [2.75, 3.05) is 4.72 Å². The molecule has 0 fully saturated rings.